The Balaban J connectivity index is 1.61. The van der Waals surface area contributed by atoms with Gasteiger partial charge in [0.2, 0.25) is 0 Å². The fourth-order valence-corrected chi connectivity index (χ4v) is 5.84. The Morgan fingerprint density at radius 3 is 2.65 bits per heavy atom. The zero-order valence-corrected chi connectivity index (χ0v) is 18.8. The number of nitrogens with zero attached hydrogens (tertiary/aromatic N) is 2. The predicted octanol–water partition coefficient (Wildman–Crippen LogP) is 5.55. The van der Waals surface area contributed by atoms with Crippen molar-refractivity contribution in [2.24, 2.45) is 5.41 Å². The highest BCUT2D eigenvalue weighted by molar-refractivity contribution is 7.19. The largest absolute Gasteiger partial charge is 0.378 e. The number of rotatable bonds is 4. The fraction of sp³-hybridized carbons (Fsp3) is 0.360. The van der Waals surface area contributed by atoms with Crippen LogP contribution in [0, 0.1) is 5.41 Å². The maximum atomic E-state index is 13.0. The van der Waals surface area contributed by atoms with Crippen molar-refractivity contribution < 1.29 is 9.53 Å². The zero-order valence-electron chi connectivity index (χ0n) is 18.0. The molecule has 1 fully saturated rings. The van der Waals surface area contributed by atoms with Gasteiger partial charge in [-0.05, 0) is 47.2 Å². The van der Waals surface area contributed by atoms with Crippen LogP contribution < -0.4 is 10.2 Å². The summed E-state index contributed by atoms with van der Waals surface area (Å²) in [7, 11) is 0. The van der Waals surface area contributed by atoms with Crippen LogP contribution in [0.3, 0.4) is 0 Å². The minimum Gasteiger partial charge on any atom is -0.378 e. The molecule has 0 atom stereocenters. The molecule has 1 aliphatic carbocycles. The van der Waals surface area contributed by atoms with E-state index in [0.29, 0.717) is 6.42 Å². The summed E-state index contributed by atoms with van der Waals surface area (Å²) < 4.78 is 5.58. The maximum Gasteiger partial charge on any atom is 0.173 e. The molecule has 31 heavy (non-hydrogen) atoms. The van der Waals surface area contributed by atoms with Crippen molar-refractivity contribution in [2.45, 2.75) is 26.7 Å². The van der Waals surface area contributed by atoms with Crippen LogP contribution in [0.25, 0.3) is 11.1 Å². The second kappa shape index (κ2) is 8.09. The minimum atomic E-state index is -0.0274. The number of nitrogens with one attached hydrogen (secondary N) is 1. The van der Waals surface area contributed by atoms with E-state index in [-0.39, 0.29) is 11.2 Å². The van der Waals surface area contributed by atoms with Gasteiger partial charge in [0.05, 0.1) is 23.1 Å². The molecule has 3 heterocycles. The number of para-hydroxylation sites is 1. The molecular formula is C25H27N3O2S. The molecule has 160 valence electrons. The Morgan fingerprint density at radius 2 is 1.87 bits per heavy atom. The third-order valence-corrected chi connectivity index (χ3v) is 7.26. The highest BCUT2D eigenvalue weighted by atomic mass is 32.1. The number of carbonyl (C=O) groups is 1. The highest BCUT2D eigenvalue weighted by Crippen LogP contribution is 2.49. The van der Waals surface area contributed by atoms with Crippen LogP contribution in [0.15, 0.2) is 48.7 Å². The molecule has 0 radical (unpaired) electrons. The summed E-state index contributed by atoms with van der Waals surface area (Å²) in [4.78, 5) is 20.9. The first-order chi connectivity index (χ1) is 15.0. The number of thiophene rings is 1. The topological polar surface area (TPSA) is 54.5 Å². The maximum absolute atomic E-state index is 13.0. The fourth-order valence-electron chi connectivity index (χ4n) is 4.51. The number of carbonyl (C=O) groups excluding carboxylic acids is 1. The van der Waals surface area contributed by atoms with Crippen molar-refractivity contribution in [3.63, 3.8) is 0 Å². The lowest BCUT2D eigenvalue weighted by atomic mass is 9.75. The molecule has 1 N–H and O–H groups in total. The minimum absolute atomic E-state index is 0.0274. The van der Waals surface area contributed by atoms with Gasteiger partial charge in [0.1, 0.15) is 5.82 Å². The number of Topliss-reactive ketones (excluding diaryl/α,β-unsaturated/α-hetero) is 1. The van der Waals surface area contributed by atoms with Crippen LogP contribution in [0.5, 0.6) is 0 Å². The molecule has 0 unspecified atom stereocenters. The molecule has 2 aromatic heterocycles. The van der Waals surface area contributed by atoms with Crippen molar-refractivity contribution in [3.8, 4) is 11.1 Å². The number of pyridine rings is 1. The summed E-state index contributed by atoms with van der Waals surface area (Å²) in [5.74, 6) is 1.08. The molecule has 1 aliphatic heterocycles. The summed E-state index contributed by atoms with van der Waals surface area (Å²) in [6.45, 7) is 7.53. The number of aromatic nitrogens is 1. The summed E-state index contributed by atoms with van der Waals surface area (Å²) in [5, 5.41) is 4.59. The summed E-state index contributed by atoms with van der Waals surface area (Å²) >= 11 is 1.66. The second-order valence-corrected chi connectivity index (χ2v) is 10.1. The van der Waals surface area contributed by atoms with Gasteiger partial charge in [0.25, 0.3) is 0 Å². The number of anilines is 3. The number of ketones is 1. The molecule has 2 aliphatic rings. The Labute approximate surface area is 187 Å². The third-order valence-electron chi connectivity index (χ3n) is 5.93. The van der Waals surface area contributed by atoms with E-state index in [0.717, 1.165) is 54.7 Å². The molecule has 5 nitrogen and oxygen atoms in total. The molecule has 0 saturated carbocycles. The van der Waals surface area contributed by atoms with E-state index < -0.39 is 0 Å². The molecular weight excluding hydrogens is 406 g/mol. The highest BCUT2D eigenvalue weighted by Gasteiger charge is 2.37. The van der Waals surface area contributed by atoms with Gasteiger partial charge in [0, 0.05) is 37.0 Å². The molecule has 0 amide bonds. The molecule has 0 spiro atoms. The van der Waals surface area contributed by atoms with Gasteiger partial charge < -0.3 is 15.0 Å². The Hall–Kier alpha value is -2.70. The Bertz CT molecular complexity index is 1100. The number of ether oxygens (including phenoxy) is 1. The van der Waals surface area contributed by atoms with Gasteiger partial charge in [0.15, 0.2) is 5.78 Å². The average molecular weight is 434 g/mol. The quantitative estimate of drug-likeness (QED) is 0.585. The van der Waals surface area contributed by atoms with Crippen molar-refractivity contribution in [1.82, 2.24) is 4.98 Å². The Kier molecular flexibility index (Phi) is 5.28. The van der Waals surface area contributed by atoms with Gasteiger partial charge in [-0.3, -0.25) is 4.79 Å². The lowest BCUT2D eigenvalue weighted by molar-refractivity contribution is 0.0918. The second-order valence-electron chi connectivity index (χ2n) is 9.05. The SMILES string of the molecule is CC1(C)CC(=O)c2sc(N3CCOCC3)c(-c3ccnc(Nc4ccccc4)c3)c2C1. The molecule has 3 aromatic rings. The van der Waals surface area contributed by atoms with Crippen LogP contribution >= 0.6 is 11.3 Å². The standard InChI is InChI=1S/C25H27N3O2S/c1-25(2)15-19-22(17-8-9-26-21(14-17)27-18-6-4-3-5-7-18)24(28-10-12-30-13-11-28)31-23(19)20(29)16-25/h3-9,14H,10-13,15-16H2,1-2H3,(H,26,27). The van der Waals surface area contributed by atoms with Crippen LogP contribution in [0.2, 0.25) is 0 Å². The summed E-state index contributed by atoms with van der Waals surface area (Å²) in [5.41, 5.74) is 4.48. The average Bonchev–Trinajstić information content (AvgIpc) is 3.14. The van der Waals surface area contributed by atoms with Crippen molar-refractivity contribution in [3.05, 3.63) is 59.1 Å². The number of morpholine rings is 1. The number of fused-ring (bicyclic) bond motifs is 1. The van der Waals surface area contributed by atoms with E-state index in [1.54, 1.807) is 11.3 Å². The van der Waals surface area contributed by atoms with E-state index in [1.807, 2.05) is 36.5 Å². The monoisotopic (exact) mass is 433 g/mol. The normalized spacial score (nSPS) is 18.0. The van der Waals surface area contributed by atoms with Gasteiger partial charge in [-0.15, -0.1) is 11.3 Å². The summed E-state index contributed by atoms with van der Waals surface area (Å²) in [6, 6.07) is 14.2. The van der Waals surface area contributed by atoms with Gasteiger partial charge in [-0.25, -0.2) is 4.98 Å². The van der Waals surface area contributed by atoms with Crippen LogP contribution in [-0.4, -0.2) is 37.1 Å². The molecule has 1 saturated heterocycles. The van der Waals surface area contributed by atoms with Crippen LogP contribution in [0.1, 0.15) is 35.5 Å². The first-order valence-electron chi connectivity index (χ1n) is 10.8. The number of hydrogen-bond acceptors (Lipinski definition) is 6. The predicted molar refractivity (Wildman–Crippen MR) is 127 cm³/mol. The number of hydrogen-bond donors (Lipinski definition) is 1. The van der Waals surface area contributed by atoms with E-state index in [2.05, 4.69) is 41.2 Å². The van der Waals surface area contributed by atoms with Crippen LogP contribution in [0.4, 0.5) is 16.5 Å². The van der Waals surface area contributed by atoms with Crippen LogP contribution in [-0.2, 0) is 11.2 Å². The Morgan fingerprint density at radius 1 is 1.10 bits per heavy atom. The first-order valence-corrected chi connectivity index (χ1v) is 11.6. The molecule has 5 rings (SSSR count). The molecule has 0 bridgehead atoms. The van der Waals surface area contributed by atoms with E-state index in [4.69, 9.17) is 4.74 Å². The lowest BCUT2D eigenvalue weighted by Gasteiger charge is -2.30. The van der Waals surface area contributed by atoms with Gasteiger partial charge >= 0.3 is 0 Å². The van der Waals surface area contributed by atoms with E-state index in [1.165, 1.54) is 16.1 Å². The molecule has 6 heteroatoms. The third kappa shape index (κ3) is 4.10. The smallest absolute Gasteiger partial charge is 0.173 e. The van der Waals surface area contributed by atoms with Gasteiger partial charge in [-0.1, -0.05) is 32.0 Å². The zero-order chi connectivity index (χ0) is 21.4. The molecule has 1 aromatic carbocycles. The lowest BCUT2D eigenvalue weighted by Crippen LogP contribution is -2.36. The summed E-state index contributed by atoms with van der Waals surface area (Å²) in [6.07, 6.45) is 3.37. The first kappa shape index (κ1) is 20.2. The number of benzene rings is 1. The van der Waals surface area contributed by atoms with Gasteiger partial charge in [-0.2, -0.15) is 0 Å². The van der Waals surface area contributed by atoms with E-state index >= 15 is 0 Å². The van der Waals surface area contributed by atoms with Crippen molar-refractivity contribution in [2.75, 3.05) is 36.5 Å². The van der Waals surface area contributed by atoms with Crippen molar-refractivity contribution >= 4 is 33.6 Å². The van der Waals surface area contributed by atoms with Crippen molar-refractivity contribution in [1.29, 1.82) is 0 Å². The van der Waals surface area contributed by atoms with E-state index in [9.17, 15) is 4.79 Å².